The lowest BCUT2D eigenvalue weighted by molar-refractivity contribution is -0.242. The van der Waals surface area contributed by atoms with Crippen molar-refractivity contribution in [2.75, 3.05) is 33.4 Å². The summed E-state index contributed by atoms with van der Waals surface area (Å²) in [6.07, 6.45) is 11.4. The van der Waals surface area contributed by atoms with Gasteiger partial charge in [-0.15, -0.1) is 0 Å². The van der Waals surface area contributed by atoms with Crippen LogP contribution in [0.2, 0.25) is 0 Å². The number of hydrogen-bond donors (Lipinski definition) is 1. The van der Waals surface area contributed by atoms with E-state index in [1.54, 1.807) is 5.92 Å². The Hall–Kier alpha value is -1.42. The van der Waals surface area contributed by atoms with Crippen LogP contribution in [0.4, 0.5) is 4.79 Å². The molecule has 1 unspecified atom stereocenters. The molecule has 0 aromatic rings. The van der Waals surface area contributed by atoms with Crippen molar-refractivity contribution in [3.8, 4) is 0 Å². The first-order valence-electron chi connectivity index (χ1n) is 18.5. The van der Waals surface area contributed by atoms with E-state index in [9.17, 15) is 14.7 Å². The quantitative estimate of drug-likeness (QED) is 0.336. The fraction of sp³-hybridized carbons (Fsp3) is 0.868. The maximum atomic E-state index is 12.9. The number of carbonyl (C=O) groups excluding carboxylic acids is 2. The number of morpholine rings is 1. The Labute approximate surface area is 281 Å². The molecule has 2 spiro atoms. The molecule has 261 valence electrons. The molecule has 8 rings (SSSR count). The van der Waals surface area contributed by atoms with E-state index in [1.165, 1.54) is 32.8 Å². The predicted octanol–water partition coefficient (Wildman–Crippen LogP) is 6.24. The lowest BCUT2D eigenvalue weighted by Gasteiger charge is -2.63. The van der Waals surface area contributed by atoms with Gasteiger partial charge in [0.1, 0.15) is 18.8 Å². The van der Waals surface area contributed by atoms with Gasteiger partial charge >= 0.3 is 6.16 Å². The SMILES string of the molecule is COC(=O)OC[C]1C[C@@H](C)[C@H]2[C](O1)[C@H](O)[C@@]1(C)[C]3CC[C@H]4C(C)(C)C(O[C@H]5CN(C(=O)CC6CC6)CCO5)CC[C@@]45C[C@@]35CC[C@]21C. The Balaban J connectivity index is 0.987. The van der Waals surface area contributed by atoms with Crippen LogP contribution in [-0.4, -0.2) is 74.0 Å². The molecule has 9 heteroatoms. The van der Waals surface area contributed by atoms with Gasteiger partial charge in [-0.1, -0.05) is 34.6 Å². The van der Waals surface area contributed by atoms with E-state index >= 15 is 0 Å². The normalized spacial score (nSPS) is 47.6. The molecule has 1 amide bonds. The first-order chi connectivity index (χ1) is 22.3. The van der Waals surface area contributed by atoms with Gasteiger partial charge in [0, 0.05) is 24.3 Å². The Kier molecular flexibility index (Phi) is 7.70. The van der Waals surface area contributed by atoms with E-state index in [0.29, 0.717) is 50.5 Å². The summed E-state index contributed by atoms with van der Waals surface area (Å²) in [6.45, 7) is 13.7. The number of methoxy groups -OCH3 is 1. The van der Waals surface area contributed by atoms with Gasteiger partial charge in [0.15, 0.2) is 6.29 Å². The second kappa shape index (κ2) is 11.0. The molecule has 6 aliphatic carbocycles. The Morgan fingerprint density at radius 3 is 2.60 bits per heavy atom. The van der Waals surface area contributed by atoms with Crippen LogP contribution in [0.15, 0.2) is 0 Å². The van der Waals surface area contributed by atoms with E-state index in [1.807, 2.05) is 4.90 Å². The summed E-state index contributed by atoms with van der Waals surface area (Å²) in [5.74, 6) is 3.43. The molecule has 0 aromatic carbocycles. The van der Waals surface area contributed by atoms with Gasteiger partial charge in [0.25, 0.3) is 0 Å². The molecule has 1 N–H and O–H groups in total. The topological polar surface area (TPSA) is 104 Å². The molecular weight excluding hydrogens is 598 g/mol. The lowest BCUT2D eigenvalue weighted by atomic mass is 9.41. The third-order valence-corrected chi connectivity index (χ3v) is 15.4. The molecule has 8 fully saturated rings. The number of ether oxygens (including phenoxy) is 5. The molecule has 2 heterocycles. The van der Waals surface area contributed by atoms with Crippen molar-refractivity contribution in [3.05, 3.63) is 18.1 Å². The van der Waals surface area contributed by atoms with Crippen molar-refractivity contribution in [1.82, 2.24) is 4.90 Å². The fourth-order valence-corrected chi connectivity index (χ4v) is 12.8. The maximum absolute atomic E-state index is 12.9. The van der Waals surface area contributed by atoms with Crippen LogP contribution in [0.5, 0.6) is 0 Å². The molecular formula is C38H56NO8. The van der Waals surface area contributed by atoms with Gasteiger partial charge in [0.05, 0.1) is 32.5 Å². The fourth-order valence-electron chi connectivity index (χ4n) is 12.8. The predicted molar refractivity (Wildman–Crippen MR) is 172 cm³/mol. The van der Waals surface area contributed by atoms with E-state index in [0.717, 1.165) is 38.2 Å². The highest BCUT2D eigenvalue weighted by Gasteiger charge is 2.85. The van der Waals surface area contributed by atoms with E-state index in [4.69, 9.17) is 18.9 Å². The molecule has 0 aromatic heterocycles. The molecule has 47 heavy (non-hydrogen) atoms. The van der Waals surface area contributed by atoms with Crippen LogP contribution in [0.25, 0.3) is 0 Å². The van der Waals surface area contributed by atoms with Gasteiger partial charge in [-0.3, -0.25) is 4.79 Å². The van der Waals surface area contributed by atoms with Crippen LogP contribution in [-0.2, 0) is 28.5 Å². The minimum absolute atomic E-state index is 0.0171. The summed E-state index contributed by atoms with van der Waals surface area (Å²) in [7, 11) is 1.31. The molecule has 6 saturated carbocycles. The number of nitrogens with zero attached hydrogens (tertiary/aromatic N) is 1. The zero-order chi connectivity index (χ0) is 33.1. The number of rotatable bonds is 6. The maximum Gasteiger partial charge on any atom is 0.508 e. The van der Waals surface area contributed by atoms with Crippen molar-refractivity contribution in [3.63, 3.8) is 0 Å². The summed E-state index contributed by atoms with van der Waals surface area (Å²) in [4.78, 5) is 26.5. The van der Waals surface area contributed by atoms with Crippen molar-refractivity contribution < 1.29 is 38.4 Å². The highest BCUT2D eigenvalue weighted by Crippen LogP contribution is 2.90. The molecule has 3 radical (unpaired) electrons. The standard InChI is InChI=1S/C38H56NO8/c1-22-17-24(20-45-33(42)43-6)46-31-30(22)35(4)13-14-38-21-37(38)12-11-27(34(2,3)25(37)9-10-26(38)36(35,5)32(31)41)47-29-19-39(15-16-44-29)28(40)18-23-7-8-23/h22-23,25,27,29-30,32,41H,7-21H2,1-6H3/t22-,25+,27?,29+,30+,32+,35-,36-,37-,38+/m1/s1. The van der Waals surface area contributed by atoms with E-state index < -0.39 is 12.3 Å². The molecule has 2 aliphatic heterocycles. The van der Waals surface area contributed by atoms with Crippen LogP contribution >= 0.6 is 0 Å². The van der Waals surface area contributed by atoms with Crippen molar-refractivity contribution >= 4 is 12.1 Å². The Bertz CT molecular complexity index is 1270. The second-order valence-electron chi connectivity index (χ2n) is 17.7. The van der Waals surface area contributed by atoms with Gasteiger partial charge in [-0.2, -0.15) is 0 Å². The third-order valence-electron chi connectivity index (χ3n) is 15.4. The first-order valence-corrected chi connectivity index (χ1v) is 18.5. The van der Waals surface area contributed by atoms with E-state index in [-0.39, 0.29) is 63.8 Å². The third kappa shape index (κ3) is 4.60. The van der Waals surface area contributed by atoms with E-state index in [2.05, 4.69) is 39.4 Å². The minimum atomic E-state index is -0.719. The minimum Gasteiger partial charge on any atom is -0.438 e. The zero-order valence-corrected chi connectivity index (χ0v) is 29.4. The van der Waals surface area contributed by atoms with Crippen LogP contribution in [0, 0.1) is 68.9 Å². The Morgan fingerprint density at radius 1 is 1.06 bits per heavy atom. The van der Waals surface area contributed by atoms with Crippen molar-refractivity contribution in [1.29, 1.82) is 0 Å². The van der Waals surface area contributed by atoms with Crippen LogP contribution in [0.3, 0.4) is 0 Å². The average Bonchev–Trinajstić information content (AvgIpc) is 3.96. The largest absolute Gasteiger partial charge is 0.508 e. The molecule has 9 nitrogen and oxygen atoms in total. The van der Waals surface area contributed by atoms with Crippen molar-refractivity contribution in [2.45, 2.75) is 124 Å². The Morgan fingerprint density at radius 2 is 1.85 bits per heavy atom. The highest BCUT2D eigenvalue weighted by molar-refractivity contribution is 5.76. The molecule has 2 saturated heterocycles. The van der Waals surface area contributed by atoms with Crippen molar-refractivity contribution in [2.24, 2.45) is 50.7 Å². The van der Waals surface area contributed by atoms with Gasteiger partial charge in [-0.25, -0.2) is 4.79 Å². The number of amides is 1. The summed E-state index contributed by atoms with van der Waals surface area (Å²) in [5.41, 5.74) is -0.0554. The highest BCUT2D eigenvalue weighted by atomic mass is 16.7. The summed E-state index contributed by atoms with van der Waals surface area (Å²) in [6, 6.07) is 0. The first kappa shape index (κ1) is 32.8. The number of fused-ring (bicyclic) bond motifs is 4. The molecule has 0 bridgehead atoms. The number of aliphatic hydroxyl groups excluding tert-OH is 1. The average molecular weight is 655 g/mol. The van der Waals surface area contributed by atoms with Gasteiger partial charge in [-0.05, 0) is 110 Å². The number of aliphatic hydroxyl groups is 1. The van der Waals surface area contributed by atoms with Crippen LogP contribution in [0.1, 0.15) is 105 Å². The molecule has 8 aliphatic rings. The monoisotopic (exact) mass is 654 g/mol. The summed E-state index contributed by atoms with van der Waals surface area (Å²) >= 11 is 0. The molecule has 10 atom stereocenters. The lowest BCUT2D eigenvalue weighted by Crippen LogP contribution is -2.59. The number of carbonyl (C=O) groups is 2. The zero-order valence-electron chi connectivity index (χ0n) is 29.4. The smallest absolute Gasteiger partial charge is 0.438 e. The number of hydrogen-bond acceptors (Lipinski definition) is 8. The van der Waals surface area contributed by atoms with Crippen LogP contribution < -0.4 is 0 Å². The van der Waals surface area contributed by atoms with Gasteiger partial charge in [0.2, 0.25) is 5.91 Å². The second-order valence-corrected chi connectivity index (χ2v) is 17.7. The van der Waals surface area contributed by atoms with Gasteiger partial charge < -0.3 is 33.7 Å². The summed E-state index contributed by atoms with van der Waals surface area (Å²) in [5, 5.41) is 12.3. The summed E-state index contributed by atoms with van der Waals surface area (Å²) < 4.78 is 29.3.